The Bertz CT molecular complexity index is 854. The van der Waals surface area contributed by atoms with Crippen molar-refractivity contribution in [1.29, 1.82) is 0 Å². The standard InChI is InChI=1S/C19H14F3NOS/c20-19(21,22)15-8-6-13(7-9-15)12-23-18(24)17-16(10-11-25-17)14-4-2-1-3-5-14/h1-11H,12H2,(H,23,24). The van der Waals surface area contributed by atoms with E-state index in [0.29, 0.717) is 10.4 Å². The van der Waals surface area contributed by atoms with Crippen molar-refractivity contribution in [2.75, 3.05) is 0 Å². The largest absolute Gasteiger partial charge is 0.416 e. The smallest absolute Gasteiger partial charge is 0.347 e. The molecule has 1 aromatic heterocycles. The van der Waals surface area contributed by atoms with Crippen molar-refractivity contribution in [3.63, 3.8) is 0 Å². The molecular formula is C19H14F3NOS. The van der Waals surface area contributed by atoms with Gasteiger partial charge in [0.25, 0.3) is 5.91 Å². The van der Waals surface area contributed by atoms with Gasteiger partial charge < -0.3 is 5.32 Å². The highest BCUT2D eigenvalue weighted by Crippen LogP contribution is 2.30. The van der Waals surface area contributed by atoms with Crippen LogP contribution in [0.3, 0.4) is 0 Å². The number of nitrogens with one attached hydrogen (secondary N) is 1. The molecule has 0 saturated heterocycles. The van der Waals surface area contributed by atoms with Crippen LogP contribution in [0.5, 0.6) is 0 Å². The molecular weight excluding hydrogens is 347 g/mol. The number of benzene rings is 2. The number of alkyl halides is 3. The van der Waals surface area contributed by atoms with Gasteiger partial charge in [0.05, 0.1) is 10.4 Å². The predicted octanol–water partition coefficient (Wildman–Crippen LogP) is 5.36. The Morgan fingerprint density at radius 2 is 1.64 bits per heavy atom. The molecule has 0 bridgehead atoms. The molecule has 0 aliphatic rings. The number of amides is 1. The third-order valence-corrected chi connectivity index (χ3v) is 4.60. The van der Waals surface area contributed by atoms with E-state index in [4.69, 9.17) is 0 Å². The van der Waals surface area contributed by atoms with Crippen molar-refractivity contribution in [2.45, 2.75) is 12.7 Å². The van der Waals surface area contributed by atoms with E-state index in [2.05, 4.69) is 5.32 Å². The molecule has 1 N–H and O–H groups in total. The van der Waals surface area contributed by atoms with Gasteiger partial charge in [0.15, 0.2) is 0 Å². The minimum Gasteiger partial charge on any atom is -0.347 e. The van der Waals surface area contributed by atoms with Gasteiger partial charge >= 0.3 is 6.18 Å². The highest BCUT2D eigenvalue weighted by molar-refractivity contribution is 7.12. The zero-order valence-electron chi connectivity index (χ0n) is 13.0. The van der Waals surface area contributed by atoms with Crippen LogP contribution in [0, 0.1) is 0 Å². The molecule has 1 heterocycles. The lowest BCUT2D eigenvalue weighted by molar-refractivity contribution is -0.137. The first-order valence-electron chi connectivity index (χ1n) is 7.52. The lowest BCUT2D eigenvalue weighted by Gasteiger charge is -2.09. The van der Waals surface area contributed by atoms with Crippen LogP contribution in [0.1, 0.15) is 20.8 Å². The van der Waals surface area contributed by atoms with Gasteiger partial charge in [-0.1, -0.05) is 42.5 Å². The summed E-state index contributed by atoms with van der Waals surface area (Å²) >= 11 is 1.33. The van der Waals surface area contributed by atoms with E-state index >= 15 is 0 Å². The van der Waals surface area contributed by atoms with Crippen LogP contribution in [0.4, 0.5) is 13.2 Å². The SMILES string of the molecule is O=C(NCc1ccc(C(F)(F)F)cc1)c1sccc1-c1ccccc1. The summed E-state index contributed by atoms with van der Waals surface area (Å²) in [6, 6.07) is 16.2. The molecule has 3 aromatic rings. The van der Waals surface area contributed by atoms with Crippen LogP contribution >= 0.6 is 11.3 Å². The van der Waals surface area contributed by atoms with E-state index in [9.17, 15) is 18.0 Å². The number of rotatable bonds is 4. The van der Waals surface area contributed by atoms with E-state index in [1.807, 2.05) is 41.8 Å². The molecule has 6 heteroatoms. The molecule has 1 amide bonds. The molecule has 128 valence electrons. The molecule has 0 aliphatic heterocycles. The Balaban J connectivity index is 1.69. The number of hydrogen-bond donors (Lipinski definition) is 1. The van der Waals surface area contributed by atoms with E-state index in [1.165, 1.54) is 23.5 Å². The number of thiophene rings is 1. The van der Waals surface area contributed by atoms with Crippen LogP contribution in [-0.4, -0.2) is 5.91 Å². The summed E-state index contributed by atoms with van der Waals surface area (Å²) in [6.45, 7) is 0.170. The molecule has 0 saturated carbocycles. The van der Waals surface area contributed by atoms with Crippen LogP contribution in [0.25, 0.3) is 11.1 Å². The number of carbonyl (C=O) groups is 1. The van der Waals surface area contributed by atoms with Crippen molar-refractivity contribution in [2.24, 2.45) is 0 Å². The quantitative estimate of drug-likeness (QED) is 0.666. The monoisotopic (exact) mass is 361 g/mol. The predicted molar refractivity (Wildman–Crippen MR) is 92.4 cm³/mol. The second kappa shape index (κ2) is 7.11. The first kappa shape index (κ1) is 17.2. The minimum atomic E-state index is -4.36. The molecule has 3 rings (SSSR count). The van der Waals surface area contributed by atoms with Gasteiger partial charge in [0, 0.05) is 12.1 Å². The Hall–Kier alpha value is -2.60. The maximum atomic E-state index is 12.6. The summed E-state index contributed by atoms with van der Waals surface area (Å²) in [7, 11) is 0. The maximum absolute atomic E-state index is 12.6. The average molecular weight is 361 g/mol. The first-order valence-corrected chi connectivity index (χ1v) is 8.40. The minimum absolute atomic E-state index is 0.170. The van der Waals surface area contributed by atoms with Crippen LogP contribution in [0.2, 0.25) is 0 Å². The van der Waals surface area contributed by atoms with Gasteiger partial charge in [0.2, 0.25) is 0 Å². The number of halogens is 3. The Labute approximate surface area is 146 Å². The third-order valence-electron chi connectivity index (χ3n) is 3.69. The molecule has 0 fully saturated rings. The highest BCUT2D eigenvalue weighted by Gasteiger charge is 2.29. The summed E-state index contributed by atoms with van der Waals surface area (Å²) < 4.78 is 37.7. The topological polar surface area (TPSA) is 29.1 Å². The van der Waals surface area contributed by atoms with Crippen LogP contribution in [0.15, 0.2) is 66.0 Å². The summed E-state index contributed by atoms with van der Waals surface area (Å²) in [5.41, 5.74) is 1.70. The van der Waals surface area contributed by atoms with Crippen molar-refractivity contribution in [3.8, 4) is 11.1 Å². The van der Waals surface area contributed by atoms with Crippen molar-refractivity contribution in [1.82, 2.24) is 5.32 Å². The van der Waals surface area contributed by atoms with Crippen LogP contribution < -0.4 is 5.32 Å². The van der Waals surface area contributed by atoms with Gasteiger partial charge in [-0.3, -0.25) is 4.79 Å². The lowest BCUT2D eigenvalue weighted by atomic mass is 10.1. The van der Waals surface area contributed by atoms with Gasteiger partial charge in [-0.2, -0.15) is 13.2 Å². The fourth-order valence-corrected chi connectivity index (χ4v) is 3.24. The first-order chi connectivity index (χ1) is 11.9. The molecule has 0 unspecified atom stereocenters. The summed E-state index contributed by atoms with van der Waals surface area (Å²) in [5.74, 6) is -0.242. The van der Waals surface area contributed by atoms with Gasteiger partial charge in [-0.25, -0.2) is 0 Å². The summed E-state index contributed by atoms with van der Waals surface area (Å²) in [6.07, 6.45) is -4.36. The Morgan fingerprint density at radius 3 is 2.28 bits per heavy atom. The van der Waals surface area contributed by atoms with E-state index in [1.54, 1.807) is 0 Å². The second-order valence-electron chi connectivity index (χ2n) is 5.41. The lowest BCUT2D eigenvalue weighted by Crippen LogP contribution is -2.22. The Morgan fingerprint density at radius 1 is 0.960 bits per heavy atom. The van der Waals surface area contributed by atoms with E-state index in [-0.39, 0.29) is 12.5 Å². The van der Waals surface area contributed by atoms with E-state index in [0.717, 1.165) is 23.3 Å². The fraction of sp³-hybridized carbons (Fsp3) is 0.105. The Kier molecular flexibility index (Phi) is 4.90. The zero-order chi connectivity index (χ0) is 17.9. The molecule has 2 nitrogen and oxygen atoms in total. The molecule has 0 radical (unpaired) electrons. The zero-order valence-corrected chi connectivity index (χ0v) is 13.8. The van der Waals surface area contributed by atoms with Gasteiger partial charge in [-0.05, 0) is 34.7 Å². The van der Waals surface area contributed by atoms with Gasteiger partial charge in [0.1, 0.15) is 0 Å². The number of hydrogen-bond acceptors (Lipinski definition) is 2. The molecule has 0 spiro atoms. The molecule has 0 atom stereocenters. The fourth-order valence-electron chi connectivity index (χ4n) is 2.40. The number of carbonyl (C=O) groups excluding carboxylic acids is 1. The normalized spacial score (nSPS) is 11.3. The van der Waals surface area contributed by atoms with Crippen LogP contribution in [-0.2, 0) is 12.7 Å². The third kappa shape index (κ3) is 4.09. The summed E-state index contributed by atoms with van der Waals surface area (Å²) in [5, 5.41) is 4.60. The van der Waals surface area contributed by atoms with Crippen molar-refractivity contribution < 1.29 is 18.0 Å². The maximum Gasteiger partial charge on any atom is 0.416 e. The highest BCUT2D eigenvalue weighted by atomic mass is 32.1. The van der Waals surface area contributed by atoms with E-state index < -0.39 is 11.7 Å². The molecule has 25 heavy (non-hydrogen) atoms. The van der Waals surface area contributed by atoms with Crippen molar-refractivity contribution in [3.05, 3.63) is 82.0 Å². The van der Waals surface area contributed by atoms with Gasteiger partial charge in [-0.15, -0.1) is 11.3 Å². The molecule has 2 aromatic carbocycles. The average Bonchev–Trinajstić information content (AvgIpc) is 3.10. The molecule has 0 aliphatic carbocycles. The summed E-state index contributed by atoms with van der Waals surface area (Å²) in [4.78, 5) is 13.0. The van der Waals surface area contributed by atoms with Crippen molar-refractivity contribution >= 4 is 17.2 Å². The second-order valence-corrected chi connectivity index (χ2v) is 6.32.